The Balaban J connectivity index is 2.39. The molecule has 3 nitrogen and oxygen atoms in total. The van der Waals surface area contributed by atoms with E-state index in [1.165, 1.54) is 12.0 Å². The summed E-state index contributed by atoms with van der Waals surface area (Å²) in [6.45, 7) is 5.32. The van der Waals surface area contributed by atoms with Crippen LogP contribution in [0.4, 0.5) is 0 Å². The van der Waals surface area contributed by atoms with E-state index in [0.29, 0.717) is 6.04 Å². The van der Waals surface area contributed by atoms with Crippen molar-refractivity contribution < 1.29 is 4.74 Å². The summed E-state index contributed by atoms with van der Waals surface area (Å²) in [5.74, 6) is 6.28. The Bertz CT molecular complexity index is 190. The fourth-order valence-electron chi connectivity index (χ4n) is 1.72. The SMILES string of the molecule is CC(C)CCC(NN)C1=COCCC1. The van der Waals surface area contributed by atoms with Crippen LogP contribution in [0.1, 0.15) is 39.5 Å². The highest BCUT2D eigenvalue weighted by atomic mass is 16.5. The summed E-state index contributed by atoms with van der Waals surface area (Å²) in [5.41, 5.74) is 4.20. The first-order chi connectivity index (χ1) is 6.74. The van der Waals surface area contributed by atoms with E-state index in [1.807, 2.05) is 6.26 Å². The molecule has 1 unspecified atom stereocenters. The normalized spacial score (nSPS) is 19.0. The summed E-state index contributed by atoms with van der Waals surface area (Å²) in [6, 6.07) is 0.303. The van der Waals surface area contributed by atoms with Gasteiger partial charge in [-0.15, -0.1) is 0 Å². The van der Waals surface area contributed by atoms with Gasteiger partial charge in [0.1, 0.15) is 0 Å². The van der Waals surface area contributed by atoms with Gasteiger partial charge in [-0.1, -0.05) is 13.8 Å². The van der Waals surface area contributed by atoms with Crippen LogP contribution in [-0.4, -0.2) is 12.6 Å². The lowest BCUT2D eigenvalue weighted by atomic mass is 9.95. The molecule has 1 atom stereocenters. The monoisotopic (exact) mass is 198 g/mol. The first-order valence-electron chi connectivity index (χ1n) is 5.50. The van der Waals surface area contributed by atoms with E-state index in [2.05, 4.69) is 19.3 Å². The van der Waals surface area contributed by atoms with E-state index in [9.17, 15) is 0 Å². The molecule has 1 aliphatic rings. The summed E-state index contributed by atoms with van der Waals surface area (Å²) < 4.78 is 5.31. The molecule has 3 N–H and O–H groups in total. The van der Waals surface area contributed by atoms with Gasteiger partial charge in [0.2, 0.25) is 0 Å². The Morgan fingerprint density at radius 1 is 1.50 bits per heavy atom. The maximum Gasteiger partial charge on any atom is 0.0876 e. The van der Waals surface area contributed by atoms with E-state index in [1.54, 1.807) is 0 Å². The molecule has 0 aromatic carbocycles. The zero-order chi connectivity index (χ0) is 10.4. The van der Waals surface area contributed by atoms with Crippen LogP contribution >= 0.6 is 0 Å². The fraction of sp³-hybridized carbons (Fsp3) is 0.818. The first-order valence-corrected chi connectivity index (χ1v) is 5.50. The van der Waals surface area contributed by atoms with Gasteiger partial charge in [-0.05, 0) is 37.2 Å². The second kappa shape index (κ2) is 6.04. The Morgan fingerprint density at radius 2 is 2.29 bits per heavy atom. The minimum Gasteiger partial charge on any atom is -0.501 e. The fourth-order valence-corrected chi connectivity index (χ4v) is 1.72. The van der Waals surface area contributed by atoms with Crippen LogP contribution in [0.2, 0.25) is 0 Å². The Kier molecular flexibility index (Phi) is 4.98. The van der Waals surface area contributed by atoms with Crippen LogP contribution in [-0.2, 0) is 4.74 Å². The van der Waals surface area contributed by atoms with Gasteiger partial charge in [0.25, 0.3) is 0 Å². The molecule has 0 radical (unpaired) electrons. The van der Waals surface area contributed by atoms with Gasteiger partial charge in [-0.25, -0.2) is 0 Å². The van der Waals surface area contributed by atoms with Crippen LogP contribution in [0.3, 0.4) is 0 Å². The Hall–Kier alpha value is -0.540. The lowest BCUT2D eigenvalue weighted by Gasteiger charge is -2.23. The molecule has 0 aliphatic carbocycles. The maximum atomic E-state index is 5.54. The van der Waals surface area contributed by atoms with Gasteiger partial charge >= 0.3 is 0 Å². The summed E-state index contributed by atoms with van der Waals surface area (Å²) in [6.07, 6.45) is 6.42. The molecule has 0 fully saturated rings. The lowest BCUT2D eigenvalue weighted by molar-refractivity contribution is 0.218. The predicted octanol–water partition coefficient (Wildman–Crippen LogP) is 1.95. The van der Waals surface area contributed by atoms with Crippen LogP contribution in [0.15, 0.2) is 11.8 Å². The van der Waals surface area contributed by atoms with E-state index in [-0.39, 0.29) is 0 Å². The Morgan fingerprint density at radius 3 is 2.79 bits per heavy atom. The van der Waals surface area contributed by atoms with Gasteiger partial charge < -0.3 is 4.74 Å². The molecule has 1 aliphatic heterocycles. The number of hydrogen-bond donors (Lipinski definition) is 2. The molecule has 0 aromatic heterocycles. The largest absolute Gasteiger partial charge is 0.501 e. The van der Waals surface area contributed by atoms with Crippen LogP contribution in [0.25, 0.3) is 0 Å². The average Bonchev–Trinajstić information content (AvgIpc) is 2.20. The second-order valence-corrected chi connectivity index (χ2v) is 4.36. The van der Waals surface area contributed by atoms with Crippen molar-refractivity contribution in [2.24, 2.45) is 11.8 Å². The van der Waals surface area contributed by atoms with E-state index in [4.69, 9.17) is 10.6 Å². The summed E-state index contributed by atoms with van der Waals surface area (Å²) in [5, 5.41) is 0. The highest BCUT2D eigenvalue weighted by Crippen LogP contribution is 2.19. The highest BCUT2D eigenvalue weighted by molar-refractivity contribution is 5.09. The predicted molar refractivity (Wildman–Crippen MR) is 58.5 cm³/mol. The van der Waals surface area contributed by atoms with Crippen molar-refractivity contribution in [2.45, 2.75) is 45.6 Å². The van der Waals surface area contributed by atoms with Crippen molar-refractivity contribution in [3.63, 3.8) is 0 Å². The minimum absolute atomic E-state index is 0.303. The van der Waals surface area contributed by atoms with Crippen molar-refractivity contribution in [1.29, 1.82) is 0 Å². The number of rotatable bonds is 5. The van der Waals surface area contributed by atoms with Crippen molar-refractivity contribution in [3.05, 3.63) is 11.8 Å². The molecule has 1 heterocycles. The van der Waals surface area contributed by atoms with Crippen molar-refractivity contribution in [2.75, 3.05) is 6.61 Å². The second-order valence-electron chi connectivity index (χ2n) is 4.36. The zero-order valence-electron chi connectivity index (χ0n) is 9.25. The minimum atomic E-state index is 0.303. The molecule has 0 aromatic rings. The number of hydrazine groups is 1. The molecule has 0 saturated carbocycles. The van der Waals surface area contributed by atoms with E-state index >= 15 is 0 Å². The molecule has 3 heteroatoms. The molecule has 0 spiro atoms. The summed E-state index contributed by atoms with van der Waals surface area (Å²) in [4.78, 5) is 0. The zero-order valence-corrected chi connectivity index (χ0v) is 9.25. The van der Waals surface area contributed by atoms with Crippen molar-refractivity contribution in [1.82, 2.24) is 5.43 Å². The first kappa shape index (κ1) is 11.5. The number of nitrogens with one attached hydrogen (secondary N) is 1. The van der Waals surface area contributed by atoms with E-state index in [0.717, 1.165) is 31.8 Å². The molecular weight excluding hydrogens is 176 g/mol. The molecule has 0 bridgehead atoms. The van der Waals surface area contributed by atoms with Gasteiger partial charge in [0.05, 0.1) is 12.9 Å². The third kappa shape index (κ3) is 3.68. The van der Waals surface area contributed by atoms with Gasteiger partial charge in [0.15, 0.2) is 0 Å². The average molecular weight is 198 g/mol. The highest BCUT2D eigenvalue weighted by Gasteiger charge is 2.15. The molecule has 82 valence electrons. The van der Waals surface area contributed by atoms with Crippen LogP contribution in [0, 0.1) is 5.92 Å². The number of ether oxygens (including phenoxy) is 1. The standard InChI is InChI=1S/C11H22N2O/c1-9(2)5-6-11(13-12)10-4-3-7-14-8-10/h8-9,11,13H,3-7,12H2,1-2H3. The van der Waals surface area contributed by atoms with Gasteiger partial charge in [-0.3, -0.25) is 11.3 Å². The topological polar surface area (TPSA) is 47.3 Å². The molecule has 0 amide bonds. The van der Waals surface area contributed by atoms with Crippen molar-refractivity contribution in [3.8, 4) is 0 Å². The maximum absolute atomic E-state index is 5.54. The van der Waals surface area contributed by atoms with Gasteiger partial charge in [0, 0.05) is 6.04 Å². The smallest absolute Gasteiger partial charge is 0.0876 e. The molecule has 1 rings (SSSR count). The quantitative estimate of drug-likeness (QED) is 0.524. The summed E-state index contributed by atoms with van der Waals surface area (Å²) in [7, 11) is 0. The molecule has 14 heavy (non-hydrogen) atoms. The Labute approximate surface area is 86.7 Å². The van der Waals surface area contributed by atoms with Crippen LogP contribution in [0.5, 0.6) is 0 Å². The molecule has 0 saturated heterocycles. The number of nitrogens with two attached hydrogens (primary N) is 1. The third-order valence-electron chi connectivity index (χ3n) is 2.64. The lowest BCUT2D eigenvalue weighted by Crippen LogP contribution is -2.37. The number of hydrogen-bond acceptors (Lipinski definition) is 3. The van der Waals surface area contributed by atoms with E-state index < -0.39 is 0 Å². The van der Waals surface area contributed by atoms with Gasteiger partial charge in [-0.2, -0.15) is 0 Å². The molecular formula is C11H22N2O. The van der Waals surface area contributed by atoms with Crippen molar-refractivity contribution >= 4 is 0 Å². The van der Waals surface area contributed by atoms with Crippen LogP contribution < -0.4 is 11.3 Å². The summed E-state index contributed by atoms with van der Waals surface area (Å²) >= 11 is 0. The third-order valence-corrected chi connectivity index (χ3v) is 2.64.